The first kappa shape index (κ1) is 13.2. The molecule has 0 radical (unpaired) electrons. The molecule has 0 saturated heterocycles. The molecule has 2 aromatic rings. The predicted octanol–water partition coefficient (Wildman–Crippen LogP) is 1.45. The van der Waals surface area contributed by atoms with E-state index in [2.05, 4.69) is 20.4 Å². The van der Waals surface area contributed by atoms with Gasteiger partial charge in [-0.15, -0.1) is 0 Å². The summed E-state index contributed by atoms with van der Waals surface area (Å²) in [6.45, 7) is 3.76. The van der Waals surface area contributed by atoms with Gasteiger partial charge in [-0.2, -0.15) is 4.98 Å². The minimum atomic E-state index is -0.290. The monoisotopic (exact) mass is 260 g/mol. The summed E-state index contributed by atoms with van der Waals surface area (Å²) in [5.74, 6) is 0.986. The Hall–Kier alpha value is -2.24. The Labute approximate surface area is 111 Å². The van der Waals surface area contributed by atoms with Crippen molar-refractivity contribution < 1.29 is 9.32 Å². The molecule has 1 amide bonds. The number of carbonyl (C=O) groups is 1. The molecule has 0 unspecified atom stereocenters. The molecule has 0 fully saturated rings. The molecule has 2 rings (SSSR count). The Morgan fingerprint density at radius 1 is 1.42 bits per heavy atom. The van der Waals surface area contributed by atoms with Crippen molar-refractivity contribution in [2.45, 2.75) is 32.7 Å². The molecule has 100 valence electrons. The molecule has 0 aromatic carbocycles. The van der Waals surface area contributed by atoms with Gasteiger partial charge in [-0.05, 0) is 24.6 Å². The maximum absolute atomic E-state index is 11.9. The van der Waals surface area contributed by atoms with Gasteiger partial charge in [0.25, 0.3) is 0 Å². The Morgan fingerprint density at radius 2 is 2.16 bits per heavy atom. The summed E-state index contributed by atoms with van der Waals surface area (Å²) in [5.41, 5.74) is 0.916. The van der Waals surface area contributed by atoms with E-state index in [-0.39, 0.29) is 11.9 Å². The molecule has 2 heterocycles. The number of aryl methyl sites for hydroxylation is 1. The highest BCUT2D eigenvalue weighted by Crippen LogP contribution is 2.10. The lowest BCUT2D eigenvalue weighted by Gasteiger charge is -2.09. The van der Waals surface area contributed by atoms with Gasteiger partial charge in [-0.25, -0.2) is 0 Å². The fourth-order valence-corrected chi connectivity index (χ4v) is 1.63. The highest BCUT2D eigenvalue weighted by Gasteiger charge is 2.16. The molecule has 0 saturated carbocycles. The van der Waals surface area contributed by atoms with E-state index in [9.17, 15) is 4.79 Å². The fourth-order valence-electron chi connectivity index (χ4n) is 1.63. The molecule has 1 atom stereocenters. The van der Waals surface area contributed by atoms with Gasteiger partial charge in [0.15, 0.2) is 5.82 Å². The molecule has 0 spiro atoms. The van der Waals surface area contributed by atoms with Crippen LogP contribution in [0.1, 0.15) is 37.2 Å². The third-order valence-corrected chi connectivity index (χ3v) is 2.66. The summed E-state index contributed by atoms with van der Waals surface area (Å²) in [7, 11) is 0. The molecular formula is C13H16N4O2. The van der Waals surface area contributed by atoms with E-state index in [0.29, 0.717) is 24.6 Å². The molecule has 6 heteroatoms. The van der Waals surface area contributed by atoms with E-state index in [1.165, 1.54) is 0 Å². The summed E-state index contributed by atoms with van der Waals surface area (Å²) in [6.07, 6.45) is 4.35. The van der Waals surface area contributed by atoms with Crippen molar-refractivity contribution in [3.63, 3.8) is 0 Å². The van der Waals surface area contributed by atoms with Gasteiger partial charge in [0.1, 0.15) is 6.04 Å². The number of rotatable bonds is 5. The normalized spacial score (nSPS) is 12.1. The van der Waals surface area contributed by atoms with Crippen molar-refractivity contribution in [2.24, 2.45) is 0 Å². The van der Waals surface area contributed by atoms with Crippen molar-refractivity contribution in [2.75, 3.05) is 0 Å². The van der Waals surface area contributed by atoms with Crippen molar-refractivity contribution in [1.29, 1.82) is 0 Å². The highest BCUT2D eigenvalue weighted by molar-refractivity contribution is 5.78. The van der Waals surface area contributed by atoms with Crippen molar-refractivity contribution in [3.05, 3.63) is 41.8 Å². The van der Waals surface area contributed by atoms with Gasteiger partial charge < -0.3 is 9.84 Å². The van der Waals surface area contributed by atoms with Crippen molar-refractivity contribution >= 4 is 5.91 Å². The Bertz CT molecular complexity index is 539. The van der Waals surface area contributed by atoms with Crippen LogP contribution in [0.5, 0.6) is 0 Å². The first-order chi connectivity index (χ1) is 9.19. The zero-order valence-electron chi connectivity index (χ0n) is 11.0. The second-order valence-electron chi connectivity index (χ2n) is 4.22. The quantitative estimate of drug-likeness (QED) is 0.880. The molecule has 2 aromatic heterocycles. The van der Waals surface area contributed by atoms with Crippen LogP contribution in [-0.4, -0.2) is 21.0 Å². The van der Waals surface area contributed by atoms with E-state index in [1.807, 2.05) is 26.0 Å². The van der Waals surface area contributed by atoms with Crippen LogP contribution < -0.4 is 5.32 Å². The minimum Gasteiger partial charge on any atom is -0.344 e. The van der Waals surface area contributed by atoms with E-state index in [0.717, 1.165) is 5.56 Å². The lowest BCUT2D eigenvalue weighted by Crippen LogP contribution is -2.28. The van der Waals surface area contributed by atoms with Crippen LogP contribution >= 0.6 is 0 Å². The van der Waals surface area contributed by atoms with Crippen molar-refractivity contribution in [3.8, 4) is 0 Å². The van der Waals surface area contributed by atoms with Gasteiger partial charge in [-0.1, -0.05) is 12.1 Å². The molecule has 19 heavy (non-hydrogen) atoms. The summed E-state index contributed by atoms with van der Waals surface area (Å²) >= 11 is 0. The number of nitrogens with zero attached hydrogens (tertiary/aromatic N) is 3. The molecule has 1 N–H and O–H groups in total. The number of hydrogen-bond donors (Lipinski definition) is 1. The summed E-state index contributed by atoms with van der Waals surface area (Å²) in [5, 5.41) is 6.63. The van der Waals surface area contributed by atoms with Crippen molar-refractivity contribution in [1.82, 2.24) is 20.4 Å². The topological polar surface area (TPSA) is 80.9 Å². The first-order valence-corrected chi connectivity index (χ1v) is 6.19. The number of hydrogen-bond acceptors (Lipinski definition) is 5. The highest BCUT2D eigenvalue weighted by atomic mass is 16.5. The van der Waals surface area contributed by atoms with E-state index in [1.54, 1.807) is 12.4 Å². The van der Waals surface area contributed by atoms with E-state index < -0.39 is 0 Å². The smallest absolute Gasteiger partial charge is 0.248 e. The van der Waals surface area contributed by atoms with E-state index >= 15 is 0 Å². The zero-order chi connectivity index (χ0) is 13.7. The second kappa shape index (κ2) is 6.08. The second-order valence-corrected chi connectivity index (χ2v) is 4.22. The third-order valence-electron chi connectivity index (χ3n) is 2.66. The average molecular weight is 260 g/mol. The molecule has 0 aliphatic heterocycles. The van der Waals surface area contributed by atoms with Gasteiger partial charge in [0.05, 0.1) is 6.42 Å². The Kier molecular flexibility index (Phi) is 4.22. The average Bonchev–Trinajstić information content (AvgIpc) is 2.88. The van der Waals surface area contributed by atoms with Crippen LogP contribution in [0.2, 0.25) is 0 Å². The van der Waals surface area contributed by atoms with Crippen LogP contribution in [0, 0.1) is 0 Å². The fraction of sp³-hybridized carbons (Fsp3) is 0.385. The maximum Gasteiger partial charge on any atom is 0.248 e. The number of pyridine rings is 1. The van der Waals surface area contributed by atoms with E-state index in [4.69, 9.17) is 4.52 Å². The molecule has 0 aliphatic carbocycles. The van der Waals surface area contributed by atoms with Gasteiger partial charge >= 0.3 is 0 Å². The van der Waals surface area contributed by atoms with Crippen LogP contribution in [0.25, 0.3) is 0 Å². The lowest BCUT2D eigenvalue weighted by atomic mass is 10.2. The SMILES string of the molecule is CCc1noc([C@@H](C)NC(=O)Cc2ccncc2)n1. The number of nitrogens with one attached hydrogen (secondary N) is 1. The lowest BCUT2D eigenvalue weighted by molar-refractivity contribution is -0.121. The summed E-state index contributed by atoms with van der Waals surface area (Å²) in [4.78, 5) is 19.9. The third kappa shape index (κ3) is 3.61. The largest absolute Gasteiger partial charge is 0.344 e. The van der Waals surface area contributed by atoms with Crippen LogP contribution in [-0.2, 0) is 17.6 Å². The Morgan fingerprint density at radius 3 is 2.79 bits per heavy atom. The standard InChI is InChI=1S/C13H16N4O2/c1-3-11-16-13(19-17-11)9(2)15-12(18)8-10-4-6-14-7-5-10/h4-7,9H,3,8H2,1-2H3,(H,15,18)/t9-/m1/s1. The van der Waals surface area contributed by atoms with Crippen LogP contribution in [0.3, 0.4) is 0 Å². The number of carbonyl (C=O) groups excluding carboxylic acids is 1. The molecule has 6 nitrogen and oxygen atoms in total. The Balaban J connectivity index is 1.91. The molecule has 0 aliphatic rings. The number of aromatic nitrogens is 3. The molecular weight excluding hydrogens is 244 g/mol. The zero-order valence-corrected chi connectivity index (χ0v) is 11.0. The van der Waals surface area contributed by atoms with Gasteiger partial charge in [-0.3, -0.25) is 9.78 Å². The minimum absolute atomic E-state index is 0.0880. The first-order valence-electron chi connectivity index (χ1n) is 6.19. The predicted molar refractivity (Wildman–Crippen MR) is 68.2 cm³/mol. The van der Waals surface area contributed by atoms with Gasteiger partial charge in [0, 0.05) is 18.8 Å². The maximum atomic E-state index is 11.9. The van der Waals surface area contributed by atoms with Crippen LogP contribution in [0.4, 0.5) is 0 Å². The summed E-state index contributed by atoms with van der Waals surface area (Å²) in [6, 6.07) is 3.33. The number of amides is 1. The van der Waals surface area contributed by atoms with Crippen LogP contribution in [0.15, 0.2) is 29.0 Å². The van der Waals surface area contributed by atoms with Gasteiger partial charge in [0.2, 0.25) is 11.8 Å². The molecule has 0 bridgehead atoms. The summed E-state index contributed by atoms with van der Waals surface area (Å²) < 4.78 is 5.08.